The number of ether oxygens (including phenoxy) is 1. The third kappa shape index (κ3) is 3.68. The maximum atomic E-state index is 12.2. The average Bonchev–Trinajstić information content (AvgIpc) is 3.03. The second-order valence-corrected chi connectivity index (χ2v) is 6.13. The van der Waals surface area contributed by atoms with Crippen molar-refractivity contribution in [3.63, 3.8) is 0 Å². The summed E-state index contributed by atoms with van der Waals surface area (Å²) in [5, 5.41) is 14.4. The fraction of sp³-hybridized carbons (Fsp3) is 0. The molecule has 0 saturated heterocycles. The van der Waals surface area contributed by atoms with E-state index in [1.807, 2.05) is 0 Å². The molecule has 2 N–H and O–H groups in total. The second kappa shape index (κ2) is 7.66. The fourth-order valence-corrected chi connectivity index (χ4v) is 2.89. The SMILES string of the molecule is N#Cc1ccccc1Oc1ccc(NC2=C(c3cccnc3)C(=O)NC2=O)cc1. The van der Waals surface area contributed by atoms with Gasteiger partial charge in [-0.25, -0.2) is 0 Å². The van der Waals surface area contributed by atoms with Crippen molar-refractivity contribution in [1.29, 1.82) is 5.26 Å². The number of imide groups is 1. The van der Waals surface area contributed by atoms with Crippen LogP contribution < -0.4 is 15.4 Å². The first-order valence-electron chi connectivity index (χ1n) is 8.70. The summed E-state index contributed by atoms with van der Waals surface area (Å²) in [6.07, 6.45) is 3.12. The lowest BCUT2D eigenvalue weighted by molar-refractivity contribution is -0.123. The van der Waals surface area contributed by atoms with Gasteiger partial charge in [-0.3, -0.25) is 19.9 Å². The molecule has 140 valence electrons. The summed E-state index contributed by atoms with van der Waals surface area (Å²) < 4.78 is 5.75. The van der Waals surface area contributed by atoms with Crippen LogP contribution in [0, 0.1) is 11.3 Å². The predicted molar refractivity (Wildman–Crippen MR) is 106 cm³/mol. The largest absolute Gasteiger partial charge is 0.456 e. The van der Waals surface area contributed by atoms with Gasteiger partial charge in [0.15, 0.2) is 0 Å². The third-order valence-electron chi connectivity index (χ3n) is 4.24. The minimum absolute atomic E-state index is 0.159. The standard InChI is InChI=1S/C22H14N4O3/c23-12-14-4-1-2-6-18(14)29-17-9-7-16(8-10-17)25-20-19(21(27)26-22(20)28)15-5-3-11-24-13-15/h1-11,13H,(H2,25,26,27,28). The van der Waals surface area contributed by atoms with E-state index in [1.54, 1.807) is 66.9 Å². The quantitative estimate of drug-likeness (QED) is 0.657. The number of hydrogen-bond donors (Lipinski definition) is 2. The second-order valence-electron chi connectivity index (χ2n) is 6.13. The summed E-state index contributed by atoms with van der Waals surface area (Å²) >= 11 is 0. The highest BCUT2D eigenvalue weighted by Gasteiger charge is 2.31. The number of nitrogens with one attached hydrogen (secondary N) is 2. The number of aromatic nitrogens is 1. The van der Waals surface area contributed by atoms with Crippen molar-refractivity contribution in [1.82, 2.24) is 10.3 Å². The first-order valence-corrected chi connectivity index (χ1v) is 8.70. The molecular formula is C22H14N4O3. The Hall–Kier alpha value is -4.44. The van der Waals surface area contributed by atoms with Gasteiger partial charge in [-0.1, -0.05) is 18.2 Å². The van der Waals surface area contributed by atoms with Crippen molar-refractivity contribution in [3.8, 4) is 17.6 Å². The Morgan fingerprint density at radius 1 is 0.966 bits per heavy atom. The molecule has 0 radical (unpaired) electrons. The Labute approximate surface area is 166 Å². The Balaban J connectivity index is 1.58. The lowest BCUT2D eigenvalue weighted by atomic mass is 10.1. The summed E-state index contributed by atoms with van der Waals surface area (Å²) in [5.74, 6) is 0.0143. The summed E-state index contributed by atoms with van der Waals surface area (Å²) in [4.78, 5) is 28.4. The lowest BCUT2D eigenvalue weighted by Crippen LogP contribution is -2.24. The molecule has 0 bridgehead atoms. The minimum atomic E-state index is -0.503. The number of rotatable bonds is 5. The van der Waals surface area contributed by atoms with E-state index in [-0.39, 0.29) is 11.3 Å². The van der Waals surface area contributed by atoms with Crippen LogP contribution in [-0.4, -0.2) is 16.8 Å². The number of para-hydroxylation sites is 1. The molecule has 0 fully saturated rings. The van der Waals surface area contributed by atoms with Crippen molar-refractivity contribution < 1.29 is 14.3 Å². The van der Waals surface area contributed by atoms with E-state index < -0.39 is 11.8 Å². The molecule has 0 saturated carbocycles. The first kappa shape index (κ1) is 17.9. The normalized spacial score (nSPS) is 13.1. The molecule has 0 atom stereocenters. The van der Waals surface area contributed by atoms with Crippen molar-refractivity contribution in [3.05, 3.63) is 89.9 Å². The smallest absolute Gasteiger partial charge is 0.275 e. The molecule has 3 aromatic rings. The average molecular weight is 382 g/mol. The monoisotopic (exact) mass is 382 g/mol. The summed E-state index contributed by atoms with van der Waals surface area (Å²) in [5.41, 5.74) is 1.98. The van der Waals surface area contributed by atoms with Crippen LogP contribution in [0.5, 0.6) is 11.5 Å². The van der Waals surface area contributed by atoms with Crippen LogP contribution in [0.2, 0.25) is 0 Å². The van der Waals surface area contributed by atoms with Crippen LogP contribution >= 0.6 is 0 Å². The van der Waals surface area contributed by atoms with Gasteiger partial charge in [-0.05, 0) is 42.5 Å². The Bertz CT molecular complexity index is 1160. The Kier molecular flexibility index (Phi) is 4.74. The van der Waals surface area contributed by atoms with Crippen LogP contribution in [0.1, 0.15) is 11.1 Å². The topological polar surface area (TPSA) is 104 Å². The molecule has 1 aliphatic heterocycles. The predicted octanol–water partition coefficient (Wildman–Crippen LogP) is 3.23. The van der Waals surface area contributed by atoms with Crippen LogP contribution in [0.15, 0.2) is 78.8 Å². The number of pyridine rings is 1. The molecule has 2 amide bonds. The highest BCUT2D eigenvalue weighted by molar-refractivity contribution is 6.36. The maximum absolute atomic E-state index is 12.2. The first-order chi connectivity index (χ1) is 14.2. The van der Waals surface area contributed by atoms with E-state index in [0.29, 0.717) is 28.3 Å². The Morgan fingerprint density at radius 3 is 2.48 bits per heavy atom. The van der Waals surface area contributed by atoms with Crippen molar-refractivity contribution in [2.45, 2.75) is 0 Å². The van der Waals surface area contributed by atoms with Gasteiger partial charge in [0.05, 0.1) is 11.1 Å². The van der Waals surface area contributed by atoms with E-state index in [1.165, 1.54) is 6.20 Å². The molecule has 7 nitrogen and oxygen atoms in total. The Morgan fingerprint density at radius 2 is 1.76 bits per heavy atom. The number of carbonyl (C=O) groups excluding carboxylic acids is 2. The fourth-order valence-electron chi connectivity index (χ4n) is 2.89. The van der Waals surface area contributed by atoms with E-state index in [0.717, 1.165) is 0 Å². The van der Waals surface area contributed by atoms with Crippen molar-refractivity contribution in [2.75, 3.05) is 5.32 Å². The number of anilines is 1. The van der Waals surface area contributed by atoms with Gasteiger partial charge in [-0.15, -0.1) is 0 Å². The highest BCUT2D eigenvalue weighted by atomic mass is 16.5. The zero-order valence-corrected chi connectivity index (χ0v) is 15.0. The van der Waals surface area contributed by atoms with Crippen LogP contribution in [0.25, 0.3) is 5.57 Å². The van der Waals surface area contributed by atoms with Gasteiger partial charge in [0.1, 0.15) is 23.3 Å². The molecule has 0 aliphatic carbocycles. The molecule has 0 unspecified atom stereocenters. The minimum Gasteiger partial charge on any atom is -0.456 e. The van der Waals surface area contributed by atoms with Crippen LogP contribution in [0.4, 0.5) is 5.69 Å². The number of nitriles is 1. The van der Waals surface area contributed by atoms with Crippen LogP contribution in [0.3, 0.4) is 0 Å². The molecule has 1 aromatic heterocycles. The third-order valence-corrected chi connectivity index (χ3v) is 4.24. The molecule has 1 aliphatic rings. The number of benzene rings is 2. The van der Waals surface area contributed by atoms with E-state index in [2.05, 4.69) is 21.7 Å². The van der Waals surface area contributed by atoms with Gasteiger partial charge in [0.2, 0.25) is 0 Å². The molecule has 0 spiro atoms. The van der Waals surface area contributed by atoms with Gasteiger partial charge < -0.3 is 10.1 Å². The highest BCUT2D eigenvalue weighted by Crippen LogP contribution is 2.28. The molecule has 4 rings (SSSR count). The molecule has 2 aromatic carbocycles. The van der Waals surface area contributed by atoms with E-state index >= 15 is 0 Å². The van der Waals surface area contributed by atoms with Gasteiger partial charge in [-0.2, -0.15) is 5.26 Å². The van der Waals surface area contributed by atoms with Crippen molar-refractivity contribution >= 4 is 23.1 Å². The van der Waals surface area contributed by atoms with Crippen molar-refractivity contribution in [2.24, 2.45) is 0 Å². The zero-order valence-electron chi connectivity index (χ0n) is 15.0. The zero-order chi connectivity index (χ0) is 20.2. The number of hydrogen-bond acceptors (Lipinski definition) is 6. The summed E-state index contributed by atoms with van der Waals surface area (Å²) in [6, 6.07) is 19.3. The van der Waals surface area contributed by atoms with E-state index in [4.69, 9.17) is 10.00 Å². The molecule has 29 heavy (non-hydrogen) atoms. The van der Waals surface area contributed by atoms with Gasteiger partial charge in [0, 0.05) is 23.6 Å². The van der Waals surface area contributed by atoms with E-state index in [9.17, 15) is 9.59 Å². The molecular weight excluding hydrogens is 368 g/mol. The van der Waals surface area contributed by atoms with Crippen LogP contribution in [-0.2, 0) is 9.59 Å². The summed E-state index contributed by atoms with van der Waals surface area (Å²) in [6.45, 7) is 0. The number of carbonyl (C=O) groups is 2. The van der Waals surface area contributed by atoms with Gasteiger partial charge >= 0.3 is 0 Å². The van der Waals surface area contributed by atoms with Gasteiger partial charge in [0.25, 0.3) is 11.8 Å². The number of nitrogens with zero attached hydrogens (tertiary/aromatic N) is 2. The molecule has 7 heteroatoms. The lowest BCUT2D eigenvalue weighted by Gasteiger charge is -2.10. The molecule has 2 heterocycles. The maximum Gasteiger partial charge on any atom is 0.275 e. The summed E-state index contributed by atoms with van der Waals surface area (Å²) in [7, 11) is 0. The number of amides is 2.